The van der Waals surface area contributed by atoms with E-state index in [4.69, 9.17) is 0 Å². The Morgan fingerprint density at radius 1 is 1.29 bits per heavy atom. The highest BCUT2D eigenvalue weighted by molar-refractivity contribution is 7.89. The molecule has 2 N–H and O–H groups in total. The van der Waals surface area contributed by atoms with Gasteiger partial charge in [-0.2, -0.15) is 0 Å². The Morgan fingerprint density at radius 2 is 1.90 bits per heavy atom. The van der Waals surface area contributed by atoms with Crippen molar-refractivity contribution in [3.8, 4) is 0 Å². The van der Waals surface area contributed by atoms with Crippen LogP contribution in [0.5, 0.6) is 0 Å². The third-order valence-electron chi connectivity index (χ3n) is 3.80. The smallest absolute Gasteiger partial charge is 0.310 e. The van der Waals surface area contributed by atoms with E-state index in [1.807, 2.05) is 0 Å². The van der Waals surface area contributed by atoms with Crippen molar-refractivity contribution >= 4 is 16.0 Å². The van der Waals surface area contributed by atoms with Gasteiger partial charge in [0.15, 0.2) is 0 Å². The number of rotatable bonds is 5. The van der Waals surface area contributed by atoms with Crippen molar-refractivity contribution < 1.29 is 27.1 Å². The average Bonchev–Trinajstić information content (AvgIpc) is 2.89. The van der Waals surface area contributed by atoms with Crippen LogP contribution in [0.15, 0.2) is 23.1 Å². The molecule has 0 unspecified atom stereocenters. The van der Waals surface area contributed by atoms with Crippen molar-refractivity contribution in [3.05, 3.63) is 29.8 Å². The number of carbonyl (C=O) groups is 1. The fourth-order valence-electron chi connectivity index (χ4n) is 2.51. The normalized spacial score (nSPS) is 17.8. The summed E-state index contributed by atoms with van der Waals surface area (Å²) in [5, 5.41) is 9.26. The molecule has 1 aromatic rings. The van der Waals surface area contributed by atoms with Crippen LogP contribution in [0, 0.1) is 17.0 Å². The molecule has 1 aliphatic carbocycles. The van der Waals surface area contributed by atoms with Crippen LogP contribution in [-0.2, 0) is 14.8 Å². The first-order chi connectivity index (χ1) is 9.77. The van der Waals surface area contributed by atoms with Crippen LogP contribution in [0.2, 0.25) is 0 Å². The summed E-state index contributed by atoms with van der Waals surface area (Å²) in [7, 11) is -4.30. The molecule has 1 aliphatic rings. The summed E-state index contributed by atoms with van der Waals surface area (Å²) in [6, 6.07) is 2.09. The highest BCUT2D eigenvalue weighted by atomic mass is 32.2. The van der Waals surface area contributed by atoms with Crippen molar-refractivity contribution in [1.82, 2.24) is 4.72 Å². The minimum atomic E-state index is -4.30. The zero-order valence-electron chi connectivity index (χ0n) is 11.1. The topological polar surface area (TPSA) is 83.5 Å². The van der Waals surface area contributed by atoms with Crippen LogP contribution in [0.25, 0.3) is 0 Å². The van der Waals surface area contributed by atoms with Gasteiger partial charge in [-0.15, -0.1) is 0 Å². The summed E-state index contributed by atoms with van der Waals surface area (Å²) in [5.74, 6) is -3.05. The van der Waals surface area contributed by atoms with Crippen molar-refractivity contribution in [2.24, 2.45) is 5.41 Å². The number of nitrogens with one attached hydrogen (secondary N) is 1. The molecule has 116 valence electrons. The van der Waals surface area contributed by atoms with E-state index in [1.54, 1.807) is 0 Å². The van der Waals surface area contributed by atoms with Crippen LogP contribution >= 0.6 is 0 Å². The van der Waals surface area contributed by atoms with Gasteiger partial charge in [-0.05, 0) is 31.0 Å². The Kier molecular flexibility index (Phi) is 4.29. The molecule has 0 radical (unpaired) electrons. The molecule has 0 bridgehead atoms. The molecule has 21 heavy (non-hydrogen) atoms. The highest BCUT2D eigenvalue weighted by Gasteiger charge is 2.42. The van der Waals surface area contributed by atoms with Gasteiger partial charge in [0.25, 0.3) is 0 Å². The third kappa shape index (κ3) is 3.21. The van der Waals surface area contributed by atoms with Crippen molar-refractivity contribution in [2.45, 2.75) is 30.6 Å². The second-order valence-electron chi connectivity index (χ2n) is 5.19. The zero-order valence-corrected chi connectivity index (χ0v) is 11.9. The maximum Gasteiger partial charge on any atom is 0.310 e. The van der Waals surface area contributed by atoms with Crippen LogP contribution in [0.4, 0.5) is 8.78 Å². The maximum absolute atomic E-state index is 13.5. The van der Waals surface area contributed by atoms with E-state index in [2.05, 4.69) is 4.72 Å². The number of hydrogen-bond acceptors (Lipinski definition) is 3. The van der Waals surface area contributed by atoms with Gasteiger partial charge in [-0.25, -0.2) is 21.9 Å². The molecule has 1 fully saturated rings. The number of sulfonamides is 1. The number of carboxylic acids is 1. The molecule has 2 rings (SSSR count). The number of aliphatic carboxylic acids is 1. The molecule has 0 atom stereocenters. The van der Waals surface area contributed by atoms with Gasteiger partial charge in [0.1, 0.15) is 16.5 Å². The highest BCUT2D eigenvalue weighted by Crippen LogP contribution is 2.38. The van der Waals surface area contributed by atoms with E-state index in [0.29, 0.717) is 37.8 Å². The van der Waals surface area contributed by atoms with E-state index in [-0.39, 0.29) is 6.54 Å². The minimum absolute atomic E-state index is 0.333. The number of benzene rings is 1. The lowest BCUT2D eigenvalue weighted by molar-refractivity contribution is -0.148. The molecule has 0 heterocycles. The second-order valence-corrected chi connectivity index (χ2v) is 6.93. The summed E-state index contributed by atoms with van der Waals surface area (Å²) in [4.78, 5) is 10.5. The van der Waals surface area contributed by atoms with Gasteiger partial charge in [-0.1, -0.05) is 12.8 Å². The maximum atomic E-state index is 13.5. The summed E-state index contributed by atoms with van der Waals surface area (Å²) < 4.78 is 52.7. The predicted octanol–water partition coefficient (Wildman–Crippen LogP) is 1.89. The zero-order chi connectivity index (χ0) is 15.7. The van der Waals surface area contributed by atoms with E-state index < -0.39 is 37.9 Å². The monoisotopic (exact) mass is 319 g/mol. The first kappa shape index (κ1) is 15.8. The van der Waals surface area contributed by atoms with Gasteiger partial charge in [0, 0.05) is 6.54 Å². The van der Waals surface area contributed by atoms with Gasteiger partial charge in [0.05, 0.1) is 5.41 Å². The minimum Gasteiger partial charge on any atom is -0.481 e. The molecule has 0 aliphatic heterocycles. The molecule has 0 aromatic heterocycles. The average molecular weight is 319 g/mol. The largest absolute Gasteiger partial charge is 0.481 e. The standard InChI is InChI=1S/C13H15F2NO4S/c14-9-3-4-10(15)11(7-9)21(19,20)16-8-13(12(17)18)5-1-2-6-13/h3-4,7,16H,1-2,5-6,8H2,(H,17,18). The Hall–Kier alpha value is -1.54. The molecule has 5 nitrogen and oxygen atoms in total. The Bertz CT molecular complexity index is 654. The fourth-order valence-corrected chi connectivity index (χ4v) is 3.73. The summed E-state index contributed by atoms with van der Waals surface area (Å²) >= 11 is 0. The molecule has 0 amide bonds. The number of hydrogen-bond donors (Lipinski definition) is 2. The van der Waals surface area contributed by atoms with Crippen molar-refractivity contribution in [3.63, 3.8) is 0 Å². The lowest BCUT2D eigenvalue weighted by Gasteiger charge is -2.23. The Balaban J connectivity index is 2.22. The van der Waals surface area contributed by atoms with E-state index in [1.165, 1.54) is 0 Å². The number of carboxylic acid groups (broad SMARTS) is 1. The predicted molar refractivity (Wildman–Crippen MR) is 70.1 cm³/mol. The van der Waals surface area contributed by atoms with Crippen LogP contribution < -0.4 is 4.72 Å². The van der Waals surface area contributed by atoms with Gasteiger partial charge >= 0.3 is 5.97 Å². The van der Waals surface area contributed by atoms with Crippen LogP contribution in [-0.4, -0.2) is 26.0 Å². The van der Waals surface area contributed by atoms with Gasteiger partial charge in [-0.3, -0.25) is 4.79 Å². The Labute approximate surface area is 121 Å². The van der Waals surface area contributed by atoms with Gasteiger partial charge in [0.2, 0.25) is 10.0 Å². The lowest BCUT2D eigenvalue weighted by Crippen LogP contribution is -2.41. The fraction of sp³-hybridized carbons (Fsp3) is 0.462. The van der Waals surface area contributed by atoms with Crippen LogP contribution in [0.1, 0.15) is 25.7 Å². The molecule has 1 saturated carbocycles. The van der Waals surface area contributed by atoms with Crippen molar-refractivity contribution in [1.29, 1.82) is 0 Å². The quantitative estimate of drug-likeness (QED) is 0.868. The SMILES string of the molecule is O=C(O)C1(CNS(=O)(=O)c2cc(F)ccc2F)CCCC1. The molecule has 0 spiro atoms. The lowest BCUT2D eigenvalue weighted by atomic mass is 9.87. The van der Waals surface area contributed by atoms with Crippen LogP contribution in [0.3, 0.4) is 0 Å². The third-order valence-corrected chi connectivity index (χ3v) is 5.21. The van der Waals surface area contributed by atoms with Gasteiger partial charge < -0.3 is 5.11 Å². The molecule has 1 aromatic carbocycles. The first-order valence-electron chi connectivity index (χ1n) is 6.45. The summed E-state index contributed by atoms with van der Waals surface area (Å²) in [6.07, 6.45) is 2.11. The number of halogens is 2. The molecule has 0 saturated heterocycles. The molecular weight excluding hydrogens is 304 g/mol. The summed E-state index contributed by atoms with van der Waals surface area (Å²) in [5.41, 5.74) is -1.17. The molecular formula is C13H15F2NO4S. The van der Waals surface area contributed by atoms with E-state index in [9.17, 15) is 27.1 Å². The second kappa shape index (κ2) is 5.69. The van der Waals surface area contributed by atoms with Crippen molar-refractivity contribution in [2.75, 3.05) is 6.54 Å². The van der Waals surface area contributed by atoms with E-state index >= 15 is 0 Å². The molecule has 8 heteroatoms. The van der Waals surface area contributed by atoms with E-state index in [0.717, 1.165) is 6.07 Å². The first-order valence-corrected chi connectivity index (χ1v) is 7.93. The Morgan fingerprint density at radius 3 is 2.48 bits per heavy atom. The summed E-state index contributed by atoms with van der Waals surface area (Å²) in [6.45, 7) is -0.333.